The Kier molecular flexibility index (Phi) is 5.66. The van der Waals surface area contributed by atoms with Crippen LogP contribution in [0.1, 0.15) is 24.8 Å². The predicted molar refractivity (Wildman–Crippen MR) is 87.4 cm³/mol. The molecular weight excluding hydrogens is 282 g/mol. The lowest BCUT2D eigenvalue weighted by atomic mass is 10.2. The molecule has 4 nitrogen and oxygen atoms in total. The zero-order valence-electron chi connectivity index (χ0n) is 12.5. The first kappa shape index (κ1) is 15.9. The first-order valence-electron chi connectivity index (χ1n) is 7.15. The molecule has 21 heavy (non-hydrogen) atoms. The van der Waals surface area contributed by atoms with Crippen molar-refractivity contribution in [3.8, 4) is 6.07 Å². The SMILES string of the molecule is CS[C@@H]1CC[C@@H](N(C)CC(=O)Nc2cccc(C#N)c2)C1. The summed E-state index contributed by atoms with van der Waals surface area (Å²) in [6, 6.07) is 9.57. The van der Waals surface area contributed by atoms with E-state index in [-0.39, 0.29) is 5.91 Å². The molecule has 1 aromatic carbocycles. The van der Waals surface area contributed by atoms with Gasteiger partial charge >= 0.3 is 0 Å². The van der Waals surface area contributed by atoms with Crippen molar-refractivity contribution in [2.24, 2.45) is 0 Å². The number of nitrogens with one attached hydrogen (secondary N) is 1. The molecule has 0 unspecified atom stereocenters. The van der Waals surface area contributed by atoms with Gasteiger partial charge in [0.25, 0.3) is 0 Å². The van der Waals surface area contributed by atoms with Gasteiger partial charge in [0.05, 0.1) is 18.2 Å². The van der Waals surface area contributed by atoms with Crippen LogP contribution in [0.2, 0.25) is 0 Å². The second-order valence-corrected chi connectivity index (χ2v) is 6.62. The molecule has 0 aliphatic heterocycles. The summed E-state index contributed by atoms with van der Waals surface area (Å²) in [5.74, 6) is -0.0276. The smallest absolute Gasteiger partial charge is 0.238 e. The zero-order valence-corrected chi connectivity index (χ0v) is 13.3. The van der Waals surface area contributed by atoms with Crippen LogP contribution in [0.4, 0.5) is 5.69 Å². The lowest BCUT2D eigenvalue weighted by Gasteiger charge is -2.23. The van der Waals surface area contributed by atoms with Gasteiger partial charge in [-0.3, -0.25) is 9.69 Å². The van der Waals surface area contributed by atoms with Gasteiger partial charge in [-0.05, 0) is 50.8 Å². The van der Waals surface area contributed by atoms with Crippen LogP contribution < -0.4 is 5.32 Å². The summed E-state index contributed by atoms with van der Waals surface area (Å²) in [5.41, 5.74) is 1.24. The summed E-state index contributed by atoms with van der Waals surface area (Å²) < 4.78 is 0. The van der Waals surface area contributed by atoms with Gasteiger partial charge in [0.1, 0.15) is 0 Å². The highest BCUT2D eigenvalue weighted by atomic mass is 32.2. The molecule has 1 aliphatic carbocycles. The average Bonchev–Trinajstić information content (AvgIpc) is 2.96. The highest BCUT2D eigenvalue weighted by Gasteiger charge is 2.27. The molecule has 2 atom stereocenters. The number of carbonyl (C=O) groups excluding carboxylic acids is 1. The van der Waals surface area contributed by atoms with Gasteiger partial charge < -0.3 is 5.32 Å². The third kappa shape index (κ3) is 4.48. The number of amides is 1. The molecule has 0 aromatic heterocycles. The lowest BCUT2D eigenvalue weighted by Crippen LogP contribution is -2.36. The maximum Gasteiger partial charge on any atom is 0.238 e. The minimum Gasteiger partial charge on any atom is -0.325 e. The molecule has 0 heterocycles. The van der Waals surface area contributed by atoms with Crippen molar-refractivity contribution in [2.45, 2.75) is 30.6 Å². The standard InChI is InChI=1S/C16H21N3OS/c1-19(14-6-7-15(9-14)21-2)11-16(20)18-13-5-3-4-12(8-13)10-17/h3-5,8,14-15H,6-7,9,11H2,1-2H3,(H,18,20)/t14-,15-/m1/s1. The van der Waals surface area contributed by atoms with Crippen LogP contribution in [0.25, 0.3) is 0 Å². The normalized spacial score (nSPS) is 21.2. The van der Waals surface area contributed by atoms with Crippen molar-refractivity contribution in [1.82, 2.24) is 4.90 Å². The van der Waals surface area contributed by atoms with Gasteiger partial charge in [0.2, 0.25) is 5.91 Å². The molecule has 1 N–H and O–H groups in total. The topological polar surface area (TPSA) is 56.1 Å². The van der Waals surface area contributed by atoms with E-state index in [2.05, 4.69) is 22.5 Å². The first-order valence-corrected chi connectivity index (χ1v) is 8.44. The molecule has 0 radical (unpaired) electrons. The number of likely N-dealkylation sites (N-methyl/N-ethyl adjacent to an activating group) is 1. The van der Waals surface area contributed by atoms with E-state index in [1.165, 1.54) is 12.8 Å². The zero-order chi connectivity index (χ0) is 15.2. The maximum atomic E-state index is 12.1. The average molecular weight is 303 g/mol. The molecule has 112 valence electrons. The summed E-state index contributed by atoms with van der Waals surface area (Å²) in [7, 11) is 2.01. The third-order valence-corrected chi connectivity index (χ3v) is 5.08. The number of anilines is 1. The van der Waals surface area contributed by atoms with E-state index in [0.717, 1.165) is 11.7 Å². The quantitative estimate of drug-likeness (QED) is 0.908. The van der Waals surface area contributed by atoms with Crippen molar-refractivity contribution in [3.63, 3.8) is 0 Å². The fraction of sp³-hybridized carbons (Fsp3) is 0.500. The Morgan fingerprint density at radius 3 is 3.00 bits per heavy atom. The Morgan fingerprint density at radius 2 is 2.33 bits per heavy atom. The number of nitrogens with zero attached hydrogens (tertiary/aromatic N) is 2. The summed E-state index contributed by atoms with van der Waals surface area (Å²) >= 11 is 1.92. The van der Waals surface area contributed by atoms with Crippen LogP contribution in [0.15, 0.2) is 24.3 Å². The largest absolute Gasteiger partial charge is 0.325 e. The van der Waals surface area contributed by atoms with E-state index in [4.69, 9.17) is 5.26 Å². The number of carbonyl (C=O) groups is 1. The Labute approximate surface area is 130 Å². The lowest BCUT2D eigenvalue weighted by molar-refractivity contribution is -0.117. The van der Waals surface area contributed by atoms with Gasteiger partial charge in [0.15, 0.2) is 0 Å². The number of rotatable bonds is 5. The van der Waals surface area contributed by atoms with Crippen molar-refractivity contribution < 1.29 is 4.79 Å². The van der Waals surface area contributed by atoms with E-state index in [0.29, 0.717) is 23.8 Å². The minimum atomic E-state index is -0.0276. The number of hydrogen-bond donors (Lipinski definition) is 1. The van der Waals surface area contributed by atoms with Gasteiger partial charge in [-0.15, -0.1) is 0 Å². The van der Waals surface area contributed by atoms with Crippen LogP contribution in [0.5, 0.6) is 0 Å². The van der Waals surface area contributed by atoms with Gasteiger partial charge in [-0.1, -0.05) is 6.07 Å². The molecule has 1 aliphatic rings. The molecular formula is C16H21N3OS. The van der Waals surface area contributed by atoms with Gasteiger partial charge in [-0.25, -0.2) is 0 Å². The second kappa shape index (κ2) is 7.48. The van der Waals surface area contributed by atoms with Crippen LogP contribution in [0.3, 0.4) is 0 Å². The molecule has 1 aromatic rings. The fourth-order valence-corrected chi connectivity index (χ4v) is 3.54. The van der Waals surface area contributed by atoms with E-state index in [1.807, 2.05) is 18.8 Å². The summed E-state index contributed by atoms with van der Waals surface area (Å²) in [5, 5.41) is 12.4. The van der Waals surface area contributed by atoms with E-state index < -0.39 is 0 Å². The summed E-state index contributed by atoms with van der Waals surface area (Å²) in [4.78, 5) is 14.2. The van der Waals surface area contributed by atoms with Crippen LogP contribution in [-0.2, 0) is 4.79 Å². The van der Waals surface area contributed by atoms with Crippen LogP contribution in [-0.4, -0.2) is 41.9 Å². The molecule has 5 heteroatoms. The molecule has 1 amide bonds. The van der Waals surface area contributed by atoms with Crippen molar-refractivity contribution in [2.75, 3.05) is 25.2 Å². The molecule has 0 bridgehead atoms. The fourth-order valence-electron chi connectivity index (χ4n) is 2.75. The van der Waals surface area contributed by atoms with E-state index in [9.17, 15) is 4.79 Å². The predicted octanol–water partition coefficient (Wildman–Crippen LogP) is 2.71. The second-order valence-electron chi connectivity index (χ2n) is 5.48. The molecule has 0 spiro atoms. The first-order chi connectivity index (χ1) is 10.1. The monoisotopic (exact) mass is 303 g/mol. The van der Waals surface area contributed by atoms with Crippen LogP contribution in [0, 0.1) is 11.3 Å². The third-order valence-electron chi connectivity index (χ3n) is 3.98. The minimum absolute atomic E-state index is 0.0276. The van der Waals surface area contributed by atoms with Crippen molar-refractivity contribution >= 4 is 23.4 Å². The number of benzene rings is 1. The molecule has 2 rings (SSSR count). The van der Waals surface area contributed by atoms with Gasteiger partial charge in [0, 0.05) is 17.0 Å². The Balaban J connectivity index is 1.85. The van der Waals surface area contributed by atoms with E-state index >= 15 is 0 Å². The van der Waals surface area contributed by atoms with Crippen LogP contribution >= 0.6 is 11.8 Å². The maximum absolute atomic E-state index is 12.1. The van der Waals surface area contributed by atoms with Crippen molar-refractivity contribution in [3.05, 3.63) is 29.8 Å². The summed E-state index contributed by atoms with van der Waals surface area (Å²) in [6.07, 6.45) is 5.72. The Hall–Kier alpha value is -1.51. The number of nitriles is 1. The number of hydrogen-bond acceptors (Lipinski definition) is 4. The highest BCUT2D eigenvalue weighted by Crippen LogP contribution is 2.30. The molecule has 1 saturated carbocycles. The molecule has 0 saturated heterocycles. The Morgan fingerprint density at radius 1 is 1.52 bits per heavy atom. The van der Waals surface area contributed by atoms with Crippen molar-refractivity contribution in [1.29, 1.82) is 5.26 Å². The van der Waals surface area contributed by atoms with Gasteiger partial charge in [-0.2, -0.15) is 17.0 Å². The van der Waals surface area contributed by atoms with E-state index in [1.54, 1.807) is 24.3 Å². The number of thioether (sulfide) groups is 1. The summed E-state index contributed by atoms with van der Waals surface area (Å²) in [6.45, 7) is 0.391. The highest BCUT2D eigenvalue weighted by molar-refractivity contribution is 7.99. The Bertz CT molecular complexity index is 541. The molecule has 1 fully saturated rings.